The fraction of sp³-hybridized carbons (Fsp3) is 0.594. The Kier molecular flexibility index (Phi) is 17.2. The normalized spacial score (nSPS) is 14.5. The van der Waals surface area contributed by atoms with Gasteiger partial charge in [-0.2, -0.15) is 0 Å². The second-order valence-corrected chi connectivity index (χ2v) is 29.6. The Hall–Kier alpha value is -3.64. The molecule has 0 aromatic heterocycles. The van der Waals surface area contributed by atoms with Crippen molar-refractivity contribution in [1.29, 1.82) is 0 Å². The first-order valence-corrected chi connectivity index (χ1v) is 27.0. The number of hydrogen-bond donors (Lipinski definition) is 0. The zero-order valence-electron chi connectivity index (χ0n) is 50.1. The average molecular weight is 934 g/mol. The molecule has 380 valence electrons. The summed E-state index contributed by atoms with van der Waals surface area (Å²) in [5.41, 5.74) is 25.0. The minimum Gasteiger partial charge on any atom is -0.0616 e. The molecule has 0 heterocycles. The van der Waals surface area contributed by atoms with Crippen molar-refractivity contribution in [3.8, 4) is 0 Å². The Labute approximate surface area is 427 Å². The van der Waals surface area contributed by atoms with Gasteiger partial charge >= 0.3 is 0 Å². The molecule has 2 aliphatic rings. The second kappa shape index (κ2) is 20.5. The Balaban J connectivity index is 0.000000201. The van der Waals surface area contributed by atoms with Gasteiger partial charge in [0.05, 0.1) is 0 Å². The summed E-state index contributed by atoms with van der Waals surface area (Å²) >= 11 is 0. The van der Waals surface area contributed by atoms with Gasteiger partial charge in [-0.25, -0.2) is 0 Å². The van der Waals surface area contributed by atoms with Gasteiger partial charge in [0, 0.05) is 0 Å². The highest BCUT2D eigenvalue weighted by molar-refractivity contribution is 5.87. The van der Waals surface area contributed by atoms with Crippen LogP contribution in [0, 0.1) is 20.8 Å². The molecular weight excluding hydrogens is 829 g/mol. The number of aryl methyl sites for hydroxylation is 1. The quantitative estimate of drug-likeness (QED) is 0.145. The lowest BCUT2D eigenvalue weighted by Crippen LogP contribution is -2.20. The van der Waals surface area contributed by atoms with Crippen LogP contribution in [0.4, 0.5) is 0 Å². The maximum absolute atomic E-state index is 2.50. The molecule has 69 heavy (non-hydrogen) atoms. The summed E-state index contributed by atoms with van der Waals surface area (Å²) in [6, 6.07) is 25.4. The van der Waals surface area contributed by atoms with Crippen LogP contribution in [0.25, 0.3) is 10.8 Å². The van der Waals surface area contributed by atoms with Gasteiger partial charge in [0.2, 0.25) is 0 Å². The lowest BCUT2D eigenvalue weighted by molar-refractivity contribution is 0.561. The zero-order chi connectivity index (χ0) is 52.8. The van der Waals surface area contributed by atoms with E-state index in [4.69, 9.17) is 0 Å². The number of fused-ring (bicyclic) bond motifs is 3. The van der Waals surface area contributed by atoms with Crippen molar-refractivity contribution in [2.45, 2.75) is 269 Å². The lowest BCUT2D eigenvalue weighted by Gasteiger charge is -2.30. The van der Waals surface area contributed by atoms with E-state index in [0.717, 1.165) is 0 Å². The van der Waals surface area contributed by atoms with Crippen molar-refractivity contribution in [1.82, 2.24) is 0 Å². The van der Waals surface area contributed by atoms with Gasteiger partial charge in [0.1, 0.15) is 0 Å². The smallest absolute Gasteiger partial charge is 0.0126 e. The Morgan fingerprint density at radius 2 is 0.609 bits per heavy atom. The Morgan fingerprint density at radius 3 is 0.942 bits per heavy atom. The van der Waals surface area contributed by atoms with Crippen LogP contribution in [-0.4, -0.2) is 0 Å². The molecule has 7 rings (SSSR count). The molecule has 2 aliphatic carbocycles. The van der Waals surface area contributed by atoms with Crippen molar-refractivity contribution in [2.24, 2.45) is 0 Å². The fourth-order valence-corrected chi connectivity index (χ4v) is 10.8. The third-order valence-electron chi connectivity index (χ3n) is 15.0. The highest BCUT2D eigenvalue weighted by atomic mass is 14.4. The average Bonchev–Trinajstić information content (AvgIpc) is 3.87. The molecule has 0 heteroatoms. The van der Waals surface area contributed by atoms with E-state index in [9.17, 15) is 0 Å². The summed E-state index contributed by atoms with van der Waals surface area (Å²) in [6.45, 7) is 62.3. The predicted molar refractivity (Wildman–Crippen MR) is 311 cm³/mol. The molecule has 0 unspecified atom stereocenters. The van der Waals surface area contributed by atoms with Crippen molar-refractivity contribution < 1.29 is 0 Å². The topological polar surface area (TPSA) is 0 Å². The van der Waals surface area contributed by atoms with Gasteiger partial charge in [0.25, 0.3) is 0 Å². The van der Waals surface area contributed by atoms with Crippen LogP contribution in [0.1, 0.15) is 262 Å². The van der Waals surface area contributed by atoms with Crippen molar-refractivity contribution >= 4 is 10.8 Å². The highest BCUT2D eigenvalue weighted by Gasteiger charge is 2.31. The molecule has 0 saturated carbocycles. The van der Waals surface area contributed by atoms with Crippen LogP contribution < -0.4 is 0 Å². The highest BCUT2D eigenvalue weighted by Crippen LogP contribution is 2.42. The maximum atomic E-state index is 2.50. The molecule has 0 nitrogen and oxygen atoms in total. The lowest BCUT2D eigenvalue weighted by atomic mass is 9.75. The van der Waals surface area contributed by atoms with E-state index in [0.29, 0.717) is 0 Å². The van der Waals surface area contributed by atoms with Crippen molar-refractivity contribution in [3.05, 3.63) is 150 Å². The minimum absolute atomic E-state index is 0.181. The van der Waals surface area contributed by atoms with Gasteiger partial charge in [-0.1, -0.05) is 238 Å². The van der Waals surface area contributed by atoms with E-state index in [-0.39, 0.29) is 43.3 Å². The Morgan fingerprint density at radius 1 is 0.290 bits per heavy atom. The molecule has 0 saturated heterocycles. The second-order valence-electron chi connectivity index (χ2n) is 29.6. The van der Waals surface area contributed by atoms with Gasteiger partial charge in [-0.15, -0.1) is 0 Å². The monoisotopic (exact) mass is 933 g/mol. The van der Waals surface area contributed by atoms with E-state index in [1.807, 2.05) is 0 Å². The van der Waals surface area contributed by atoms with Crippen LogP contribution >= 0.6 is 0 Å². The molecule has 0 amide bonds. The molecule has 0 fully saturated rings. The number of hydrogen-bond acceptors (Lipinski definition) is 0. The largest absolute Gasteiger partial charge is 0.0616 e. The number of benzene rings is 5. The summed E-state index contributed by atoms with van der Waals surface area (Å²) in [6.07, 6.45) is 7.82. The van der Waals surface area contributed by atoms with Gasteiger partial charge < -0.3 is 0 Å². The summed E-state index contributed by atoms with van der Waals surface area (Å²) < 4.78 is 0. The van der Waals surface area contributed by atoms with Crippen LogP contribution in [-0.2, 0) is 69.0 Å². The number of rotatable bonds is 0. The first-order chi connectivity index (χ1) is 31.0. The molecule has 0 radical (unpaired) electrons. The first-order valence-electron chi connectivity index (χ1n) is 27.0. The predicted octanol–water partition coefficient (Wildman–Crippen LogP) is 20.2. The van der Waals surface area contributed by atoms with E-state index in [1.54, 1.807) is 55.6 Å². The van der Waals surface area contributed by atoms with Crippen molar-refractivity contribution in [2.75, 3.05) is 0 Å². The van der Waals surface area contributed by atoms with Crippen LogP contribution in [0.3, 0.4) is 0 Å². The molecule has 0 N–H and O–H groups in total. The van der Waals surface area contributed by atoms with Crippen LogP contribution in [0.5, 0.6) is 0 Å². The Bertz CT molecular complexity index is 2440. The molecule has 0 aliphatic heterocycles. The van der Waals surface area contributed by atoms with E-state index in [2.05, 4.69) is 254 Å². The molecule has 0 bridgehead atoms. The molecule has 5 aromatic rings. The van der Waals surface area contributed by atoms with E-state index < -0.39 is 0 Å². The van der Waals surface area contributed by atoms with Crippen LogP contribution in [0.15, 0.2) is 66.7 Å². The third kappa shape index (κ3) is 14.5. The standard InChI is InChI=1S/2C18H28.C18H24.C15H24/c2*1-12-13-9-8-10-14(13)16(18(5,6)7)11-15(12)17(2,3)4;1-17(2,3)14-11-13-9-7-8-10-15(13)16(12-14)18(4,5)6;1-11-8-12(14(2,3)4)10-13(9-11)15(5,6)7/h2*11H,8-10H2,1-7H3;7-12H,1-6H3;8-10H,1-7H3. The van der Waals surface area contributed by atoms with Crippen LogP contribution in [0.2, 0.25) is 0 Å². The maximum Gasteiger partial charge on any atom is -0.0126 e. The zero-order valence-corrected chi connectivity index (χ0v) is 50.1. The molecule has 0 atom stereocenters. The van der Waals surface area contributed by atoms with Crippen molar-refractivity contribution in [3.63, 3.8) is 0 Å². The molecule has 5 aromatic carbocycles. The molecular formula is C69H104. The SMILES string of the molecule is CC(C)(C)c1cc(C(C)(C)C)c2ccccc2c1.Cc1c(C(C)(C)C)cc(C(C)(C)C)c2c1CCC2.Cc1c(C(C)(C)C)cc(C(C)(C)C)c2c1CCC2.Cc1cc(C(C)(C)C)cc(C(C)(C)C)c1. The van der Waals surface area contributed by atoms with Gasteiger partial charge in [-0.3, -0.25) is 0 Å². The summed E-state index contributed by atoms with van der Waals surface area (Å²) in [5.74, 6) is 0. The molecule has 0 spiro atoms. The third-order valence-corrected chi connectivity index (χ3v) is 15.0. The summed E-state index contributed by atoms with van der Waals surface area (Å²) in [7, 11) is 0. The van der Waals surface area contributed by atoms with Gasteiger partial charge in [0.15, 0.2) is 0 Å². The summed E-state index contributed by atoms with van der Waals surface area (Å²) in [4.78, 5) is 0. The van der Waals surface area contributed by atoms with Gasteiger partial charge in [-0.05, 0) is 191 Å². The fourth-order valence-electron chi connectivity index (χ4n) is 10.8. The first kappa shape index (κ1) is 57.9. The summed E-state index contributed by atoms with van der Waals surface area (Å²) in [5, 5.41) is 2.74. The van der Waals surface area contributed by atoms with E-state index in [1.165, 1.54) is 77.1 Å². The minimum atomic E-state index is 0.181. The van der Waals surface area contributed by atoms with E-state index >= 15 is 0 Å².